The Morgan fingerprint density at radius 3 is 2.40 bits per heavy atom. The van der Waals surface area contributed by atoms with E-state index in [2.05, 4.69) is 5.32 Å². The fourth-order valence-electron chi connectivity index (χ4n) is 1.92. The molecule has 2 aliphatic rings. The van der Waals surface area contributed by atoms with Gasteiger partial charge in [-0.1, -0.05) is 0 Å². The summed E-state index contributed by atoms with van der Waals surface area (Å²) in [7, 11) is 0. The van der Waals surface area contributed by atoms with Crippen molar-refractivity contribution < 1.29 is 14.3 Å². The van der Waals surface area contributed by atoms with E-state index < -0.39 is 5.60 Å². The highest BCUT2D eigenvalue weighted by Gasteiger charge is 2.54. The second kappa shape index (κ2) is 2.87. The zero-order valence-corrected chi connectivity index (χ0v) is 9.29. The Bertz CT molecular complexity index is 303. The molecule has 1 spiro atoms. The van der Waals surface area contributed by atoms with Crippen LogP contribution in [-0.2, 0) is 9.53 Å². The van der Waals surface area contributed by atoms with Crippen LogP contribution in [0, 0.1) is 0 Å². The van der Waals surface area contributed by atoms with Crippen molar-refractivity contribution >= 4 is 12.0 Å². The number of likely N-dealkylation sites (tertiary alicyclic amines) is 1. The van der Waals surface area contributed by atoms with Crippen LogP contribution in [0.2, 0.25) is 0 Å². The third-order valence-corrected chi connectivity index (χ3v) is 2.54. The van der Waals surface area contributed by atoms with Crippen LogP contribution in [0.1, 0.15) is 27.2 Å². The molecule has 0 unspecified atom stereocenters. The number of carbonyl (C=O) groups is 2. The zero-order valence-electron chi connectivity index (χ0n) is 9.29. The molecule has 0 radical (unpaired) electrons. The monoisotopic (exact) mass is 212 g/mol. The first kappa shape index (κ1) is 10.3. The lowest BCUT2D eigenvalue weighted by Crippen LogP contribution is -2.78. The van der Waals surface area contributed by atoms with Gasteiger partial charge >= 0.3 is 6.09 Å². The first-order valence-corrected chi connectivity index (χ1v) is 5.09. The van der Waals surface area contributed by atoms with Crippen LogP contribution >= 0.6 is 0 Å². The van der Waals surface area contributed by atoms with Gasteiger partial charge in [-0.15, -0.1) is 0 Å². The number of nitrogens with one attached hydrogen (secondary N) is 1. The minimum atomic E-state index is -0.456. The minimum Gasteiger partial charge on any atom is -0.444 e. The van der Waals surface area contributed by atoms with Crippen LogP contribution in [0.5, 0.6) is 0 Å². The van der Waals surface area contributed by atoms with Crippen LogP contribution in [0.25, 0.3) is 0 Å². The second-order valence-electron chi connectivity index (χ2n) is 5.34. The standard InChI is InChI=1S/C10H16N2O3/c1-9(2,3)15-8(14)12-5-10(6-12)4-7(13)11-10/h4-6H2,1-3H3,(H,11,13). The van der Waals surface area contributed by atoms with E-state index in [1.165, 1.54) is 0 Å². The molecule has 0 bridgehead atoms. The van der Waals surface area contributed by atoms with Gasteiger partial charge in [-0.3, -0.25) is 4.79 Å². The average Bonchev–Trinajstić information content (AvgIpc) is 1.89. The lowest BCUT2D eigenvalue weighted by molar-refractivity contribution is -0.140. The predicted octanol–water partition coefficient (Wildman–Crippen LogP) is 0.496. The smallest absolute Gasteiger partial charge is 0.410 e. The Kier molecular flexibility index (Phi) is 1.96. The highest BCUT2D eigenvalue weighted by molar-refractivity contribution is 5.86. The molecule has 0 aromatic heterocycles. The van der Waals surface area contributed by atoms with Crippen molar-refractivity contribution in [2.24, 2.45) is 0 Å². The highest BCUT2D eigenvalue weighted by Crippen LogP contribution is 2.31. The number of nitrogens with zero attached hydrogens (tertiary/aromatic N) is 1. The van der Waals surface area contributed by atoms with Gasteiger partial charge in [0.25, 0.3) is 0 Å². The molecule has 0 saturated carbocycles. The Morgan fingerprint density at radius 1 is 1.47 bits per heavy atom. The minimum absolute atomic E-state index is 0.0684. The van der Waals surface area contributed by atoms with E-state index in [0.717, 1.165) is 0 Å². The Labute approximate surface area is 88.8 Å². The summed E-state index contributed by atoms with van der Waals surface area (Å²) in [5, 5.41) is 2.81. The normalized spacial score (nSPS) is 22.9. The third-order valence-electron chi connectivity index (χ3n) is 2.54. The van der Waals surface area contributed by atoms with Gasteiger partial charge in [0.05, 0.1) is 12.0 Å². The maximum atomic E-state index is 11.5. The van der Waals surface area contributed by atoms with Gasteiger partial charge in [0.1, 0.15) is 5.60 Å². The van der Waals surface area contributed by atoms with Crippen LogP contribution in [0.4, 0.5) is 4.79 Å². The molecular formula is C10H16N2O3. The van der Waals surface area contributed by atoms with E-state index >= 15 is 0 Å². The van der Waals surface area contributed by atoms with Crippen molar-refractivity contribution in [2.75, 3.05) is 13.1 Å². The van der Waals surface area contributed by atoms with Crippen molar-refractivity contribution in [2.45, 2.75) is 38.3 Å². The average molecular weight is 212 g/mol. The number of carbonyl (C=O) groups excluding carboxylic acids is 2. The molecule has 2 heterocycles. The maximum Gasteiger partial charge on any atom is 0.410 e. The van der Waals surface area contributed by atoms with E-state index in [-0.39, 0.29) is 17.5 Å². The molecule has 2 fully saturated rings. The topological polar surface area (TPSA) is 58.6 Å². The first-order chi connectivity index (χ1) is 6.80. The summed E-state index contributed by atoms with van der Waals surface area (Å²) in [6.07, 6.45) is 0.237. The SMILES string of the molecule is CC(C)(C)OC(=O)N1CC2(CC(=O)N2)C1. The quantitative estimate of drug-likeness (QED) is 0.595. The summed E-state index contributed by atoms with van der Waals surface area (Å²) >= 11 is 0. The molecule has 5 heteroatoms. The third kappa shape index (κ3) is 1.91. The van der Waals surface area contributed by atoms with Gasteiger partial charge in [0.15, 0.2) is 0 Å². The summed E-state index contributed by atoms with van der Waals surface area (Å²) in [6, 6.07) is 0. The summed E-state index contributed by atoms with van der Waals surface area (Å²) < 4.78 is 5.20. The van der Waals surface area contributed by atoms with Crippen LogP contribution in [-0.4, -0.2) is 41.1 Å². The molecular weight excluding hydrogens is 196 g/mol. The lowest BCUT2D eigenvalue weighted by atomic mass is 9.80. The molecule has 0 aliphatic carbocycles. The second-order valence-corrected chi connectivity index (χ2v) is 5.34. The van der Waals surface area contributed by atoms with Crippen molar-refractivity contribution in [3.05, 3.63) is 0 Å². The van der Waals surface area contributed by atoms with Crippen molar-refractivity contribution in [3.63, 3.8) is 0 Å². The molecule has 0 aromatic carbocycles. The Hall–Kier alpha value is -1.26. The molecule has 2 aliphatic heterocycles. The molecule has 2 saturated heterocycles. The van der Waals surface area contributed by atoms with E-state index in [4.69, 9.17) is 4.74 Å². The van der Waals surface area contributed by atoms with E-state index in [1.807, 2.05) is 20.8 Å². The molecule has 84 valence electrons. The summed E-state index contributed by atoms with van der Waals surface area (Å²) in [5.74, 6) is 0.0684. The fourth-order valence-corrected chi connectivity index (χ4v) is 1.92. The van der Waals surface area contributed by atoms with E-state index in [0.29, 0.717) is 19.5 Å². The van der Waals surface area contributed by atoms with Gasteiger partial charge in [-0.05, 0) is 20.8 Å². The van der Waals surface area contributed by atoms with E-state index in [9.17, 15) is 9.59 Å². The lowest BCUT2D eigenvalue weighted by Gasteiger charge is -2.54. The Morgan fingerprint density at radius 2 is 2.00 bits per heavy atom. The maximum absolute atomic E-state index is 11.5. The van der Waals surface area contributed by atoms with Gasteiger partial charge in [0, 0.05) is 13.1 Å². The predicted molar refractivity (Wildman–Crippen MR) is 53.3 cm³/mol. The van der Waals surface area contributed by atoms with Crippen LogP contribution in [0.15, 0.2) is 0 Å². The molecule has 2 amide bonds. The zero-order chi connectivity index (χ0) is 11.3. The Balaban J connectivity index is 1.80. The number of amides is 2. The highest BCUT2D eigenvalue weighted by atomic mass is 16.6. The molecule has 5 nitrogen and oxygen atoms in total. The van der Waals surface area contributed by atoms with Gasteiger partial charge in [-0.25, -0.2) is 4.79 Å². The molecule has 0 atom stereocenters. The summed E-state index contributed by atoms with van der Waals surface area (Å²) in [4.78, 5) is 23.9. The molecule has 15 heavy (non-hydrogen) atoms. The van der Waals surface area contributed by atoms with Gasteiger partial charge in [0.2, 0.25) is 5.91 Å². The van der Waals surface area contributed by atoms with Crippen LogP contribution in [0.3, 0.4) is 0 Å². The first-order valence-electron chi connectivity index (χ1n) is 5.09. The van der Waals surface area contributed by atoms with E-state index in [1.54, 1.807) is 4.90 Å². The van der Waals surface area contributed by atoms with Crippen molar-refractivity contribution in [1.29, 1.82) is 0 Å². The number of hydrogen-bond acceptors (Lipinski definition) is 3. The number of ether oxygens (including phenoxy) is 1. The number of rotatable bonds is 0. The summed E-state index contributed by atoms with van der Waals surface area (Å²) in [6.45, 7) is 6.67. The molecule has 1 N–H and O–H groups in total. The van der Waals surface area contributed by atoms with Crippen LogP contribution < -0.4 is 5.32 Å². The number of β-lactam (4-membered cyclic amide) rings is 1. The van der Waals surface area contributed by atoms with Crippen molar-refractivity contribution in [3.8, 4) is 0 Å². The van der Waals surface area contributed by atoms with Crippen molar-refractivity contribution in [1.82, 2.24) is 10.2 Å². The fraction of sp³-hybridized carbons (Fsp3) is 0.800. The summed E-state index contributed by atoms with van der Waals surface area (Å²) in [5.41, 5.74) is -0.587. The molecule has 0 aromatic rings. The van der Waals surface area contributed by atoms with Gasteiger partial charge in [-0.2, -0.15) is 0 Å². The largest absolute Gasteiger partial charge is 0.444 e. The number of hydrogen-bond donors (Lipinski definition) is 1. The van der Waals surface area contributed by atoms with Gasteiger partial charge < -0.3 is 15.0 Å². The molecule has 2 rings (SSSR count).